The Morgan fingerprint density at radius 1 is 0.955 bits per heavy atom. The predicted octanol–water partition coefficient (Wildman–Crippen LogP) is 4.59. The second-order valence-corrected chi connectivity index (χ2v) is 6.84. The predicted molar refractivity (Wildman–Crippen MR) is 91.3 cm³/mol. The Morgan fingerprint density at radius 3 is 2.36 bits per heavy atom. The minimum absolute atomic E-state index is 0.719. The molecule has 0 saturated heterocycles. The number of nitrogens with one attached hydrogen (secondary N) is 1. The van der Waals surface area contributed by atoms with Crippen LogP contribution in [0, 0.1) is 6.92 Å². The largest absolute Gasteiger partial charge is 0.497 e. The number of hydrogen-bond donors (Lipinski definition) is 1. The number of methoxy groups -OCH3 is 1. The average molecular weight is 329 g/mol. The summed E-state index contributed by atoms with van der Waals surface area (Å²) in [7, 11) is 4.81. The normalized spacial score (nSPS) is 10.6. The number of H-pyrrole nitrogens is 1. The number of aromatic nitrogens is 3. The number of aromatic amines is 1. The van der Waals surface area contributed by atoms with Crippen LogP contribution in [0.25, 0.3) is 11.4 Å². The molecule has 2 aromatic carbocycles. The molecule has 1 aromatic heterocycles. The first-order valence-corrected chi connectivity index (χ1v) is 8.87. The van der Waals surface area contributed by atoms with Gasteiger partial charge in [-0.2, -0.15) is 0 Å². The van der Waals surface area contributed by atoms with E-state index >= 15 is 0 Å². The van der Waals surface area contributed by atoms with E-state index in [2.05, 4.69) is 34.2 Å². The molecule has 0 radical (unpaired) electrons. The Labute approximate surface area is 137 Å². The van der Waals surface area contributed by atoms with Gasteiger partial charge in [0.05, 0.1) is 7.11 Å². The van der Waals surface area contributed by atoms with Crippen molar-refractivity contribution in [2.24, 2.45) is 0 Å². The molecule has 0 saturated carbocycles. The molecule has 22 heavy (non-hydrogen) atoms. The van der Waals surface area contributed by atoms with Gasteiger partial charge in [-0.1, -0.05) is 29.8 Å². The van der Waals surface area contributed by atoms with Crippen molar-refractivity contribution in [1.82, 2.24) is 15.2 Å². The second-order valence-electron chi connectivity index (χ2n) is 4.67. The summed E-state index contributed by atoms with van der Waals surface area (Å²) >= 11 is 0. The number of rotatable bonds is 5. The summed E-state index contributed by atoms with van der Waals surface area (Å²) in [6.07, 6.45) is 0. The fourth-order valence-electron chi connectivity index (χ4n) is 1.84. The smallest absolute Gasteiger partial charge is 0.219 e. The standard InChI is InChI=1S/C16H15N3OS2/c1-11-3-5-12(6-4-11)15-17-16(19-18-15)22-21-14-9-7-13(20-2)8-10-14/h3-10H,1-2H3,(H,17,18,19). The van der Waals surface area contributed by atoms with Crippen LogP contribution in [0.3, 0.4) is 0 Å². The van der Waals surface area contributed by atoms with Crippen LogP contribution >= 0.6 is 21.6 Å². The van der Waals surface area contributed by atoms with Gasteiger partial charge in [0.2, 0.25) is 5.16 Å². The monoisotopic (exact) mass is 329 g/mol. The minimum atomic E-state index is 0.719. The van der Waals surface area contributed by atoms with Crippen molar-refractivity contribution in [3.63, 3.8) is 0 Å². The van der Waals surface area contributed by atoms with Gasteiger partial charge < -0.3 is 4.74 Å². The average Bonchev–Trinajstić information content (AvgIpc) is 3.03. The van der Waals surface area contributed by atoms with Gasteiger partial charge in [-0.25, -0.2) is 4.98 Å². The van der Waals surface area contributed by atoms with E-state index in [0.29, 0.717) is 0 Å². The van der Waals surface area contributed by atoms with E-state index in [1.807, 2.05) is 36.4 Å². The molecule has 0 aliphatic rings. The molecule has 0 amide bonds. The zero-order chi connectivity index (χ0) is 15.4. The molecule has 0 spiro atoms. The van der Waals surface area contributed by atoms with E-state index in [9.17, 15) is 0 Å². The first-order valence-electron chi connectivity index (χ1n) is 6.72. The van der Waals surface area contributed by atoms with Crippen LogP contribution in [0.5, 0.6) is 5.75 Å². The van der Waals surface area contributed by atoms with Gasteiger partial charge in [-0.05, 0) is 52.8 Å². The molecule has 3 aromatic rings. The van der Waals surface area contributed by atoms with Crippen molar-refractivity contribution in [3.8, 4) is 17.1 Å². The lowest BCUT2D eigenvalue weighted by atomic mass is 10.1. The molecule has 0 fully saturated rings. The Kier molecular flexibility index (Phi) is 4.70. The number of hydrogen-bond acceptors (Lipinski definition) is 5. The van der Waals surface area contributed by atoms with E-state index in [4.69, 9.17) is 4.74 Å². The highest BCUT2D eigenvalue weighted by molar-refractivity contribution is 8.76. The highest BCUT2D eigenvalue weighted by atomic mass is 33.1. The van der Waals surface area contributed by atoms with Crippen LogP contribution in [0.4, 0.5) is 0 Å². The second kappa shape index (κ2) is 6.89. The third-order valence-corrected chi connectivity index (χ3v) is 5.22. The Balaban J connectivity index is 1.65. The van der Waals surface area contributed by atoms with E-state index in [-0.39, 0.29) is 0 Å². The zero-order valence-electron chi connectivity index (χ0n) is 12.2. The Bertz CT molecular complexity index is 739. The first-order chi connectivity index (χ1) is 10.7. The lowest BCUT2D eigenvalue weighted by molar-refractivity contribution is 0.414. The van der Waals surface area contributed by atoms with E-state index in [0.717, 1.165) is 27.2 Å². The van der Waals surface area contributed by atoms with Crippen molar-refractivity contribution in [2.45, 2.75) is 17.0 Å². The Hall–Kier alpha value is -1.92. The highest BCUT2D eigenvalue weighted by Gasteiger charge is 2.07. The van der Waals surface area contributed by atoms with Crippen LogP contribution in [0.1, 0.15) is 5.56 Å². The van der Waals surface area contributed by atoms with Gasteiger partial charge in [0.1, 0.15) is 5.75 Å². The molecule has 1 heterocycles. The molecule has 1 N–H and O–H groups in total. The molecule has 0 aliphatic carbocycles. The molecule has 0 aliphatic heterocycles. The molecule has 0 atom stereocenters. The zero-order valence-corrected chi connectivity index (χ0v) is 13.9. The summed E-state index contributed by atoms with van der Waals surface area (Å²) in [6.45, 7) is 2.07. The van der Waals surface area contributed by atoms with Gasteiger partial charge in [-0.3, -0.25) is 5.10 Å². The summed E-state index contributed by atoms with van der Waals surface area (Å²) in [5, 5.41) is 7.94. The van der Waals surface area contributed by atoms with Crippen molar-refractivity contribution in [3.05, 3.63) is 54.1 Å². The van der Waals surface area contributed by atoms with Crippen molar-refractivity contribution in [2.75, 3.05) is 7.11 Å². The van der Waals surface area contributed by atoms with Crippen LogP contribution in [0.2, 0.25) is 0 Å². The van der Waals surface area contributed by atoms with Crippen LogP contribution < -0.4 is 4.74 Å². The number of benzene rings is 2. The third kappa shape index (κ3) is 3.64. The molecule has 0 bridgehead atoms. The van der Waals surface area contributed by atoms with Gasteiger partial charge in [0.25, 0.3) is 0 Å². The van der Waals surface area contributed by atoms with Crippen molar-refractivity contribution in [1.29, 1.82) is 0 Å². The summed E-state index contributed by atoms with van der Waals surface area (Å²) in [6, 6.07) is 16.1. The third-order valence-electron chi connectivity index (χ3n) is 3.06. The van der Waals surface area contributed by atoms with E-state index in [1.165, 1.54) is 16.4 Å². The summed E-state index contributed by atoms with van der Waals surface area (Å²) in [5.74, 6) is 1.65. The molecular formula is C16H15N3OS2. The molecule has 3 rings (SSSR count). The quantitative estimate of drug-likeness (QED) is 0.694. The number of aryl methyl sites for hydroxylation is 1. The minimum Gasteiger partial charge on any atom is -0.497 e. The maximum absolute atomic E-state index is 5.15. The first kappa shape index (κ1) is 15.0. The van der Waals surface area contributed by atoms with Gasteiger partial charge in [0.15, 0.2) is 5.82 Å². The molecule has 0 unspecified atom stereocenters. The molecule has 112 valence electrons. The van der Waals surface area contributed by atoms with Crippen LogP contribution in [-0.2, 0) is 0 Å². The summed E-state index contributed by atoms with van der Waals surface area (Å²) in [5.41, 5.74) is 2.27. The lowest BCUT2D eigenvalue weighted by Crippen LogP contribution is -1.81. The lowest BCUT2D eigenvalue weighted by Gasteiger charge is -2.00. The van der Waals surface area contributed by atoms with E-state index in [1.54, 1.807) is 17.9 Å². The summed E-state index contributed by atoms with van der Waals surface area (Å²) < 4.78 is 5.15. The molecular weight excluding hydrogens is 314 g/mol. The number of ether oxygens (including phenoxy) is 1. The molecule has 4 nitrogen and oxygen atoms in total. The van der Waals surface area contributed by atoms with Gasteiger partial charge in [0, 0.05) is 10.5 Å². The Morgan fingerprint density at radius 2 is 1.68 bits per heavy atom. The summed E-state index contributed by atoms with van der Waals surface area (Å²) in [4.78, 5) is 5.64. The maximum Gasteiger partial charge on any atom is 0.219 e. The molecule has 6 heteroatoms. The SMILES string of the molecule is COc1ccc(SSc2n[nH]c(-c3ccc(C)cc3)n2)cc1. The van der Waals surface area contributed by atoms with Gasteiger partial charge >= 0.3 is 0 Å². The fraction of sp³-hybridized carbons (Fsp3) is 0.125. The maximum atomic E-state index is 5.15. The van der Waals surface area contributed by atoms with Crippen molar-refractivity contribution >= 4 is 21.6 Å². The van der Waals surface area contributed by atoms with Gasteiger partial charge in [-0.15, -0.1) is 5.10 Å². The van der Waals surface area contributed by atoms with Crippen LogP contribution in [0.15, 0.2) is 58.6 Å². The van der Waals surface area contributed by atoms with E-state index < -0.39 is 0 Å². The topological polar surface area (TPSA) is 50.8 Å². The van der Waals surface area contributed by atoms with Crippen LogP contribution in [-0.4, -0.2) is 22.3 Å². The number of nitrogens with zero attached hydrogens (tertiary/aromatic N) is 2. The highest BCUT2D eigenvalue weighted by Crippen LogP contribution is 2.36. The fourth-order valence-corrected chi connectivity index (χ4v) is 3.54. The van der Waals surface area contributed by atoms with Crippen molar-refractivity contribution < 1.29 is 4.74 Å².